The van der Waals surface area contributed by atoms with Crippen molar-refractivity contribution in [3.05, 3.63) is 29.8 Å². The zero-order valence-corrected chi connectivity index (χ0v) is 14.9. The molecule has 0 saturated heterocycles. The van der Waals surface area contributed by atoms with Crippen molar-refractivity contribution < 1.29 is 9.59 Å². The van der Waals surface area contributed by atoms with E-state index in [-0.39, 0.29) is 23.5 Å². The van der Waals surface area contributed by atoms with Crippen molar-refractivity contribution in [1.29, 1.82) is 0 Å². The SMILES string of the molecule is CCc1ccc(NC(=O)CSc2nnc(NC(=O)C3CC3)s2)cc1. The molecule has 1 aliphatic carbocycles. The molecule has 2 N–H and O–H groups in total. The van der Waals surface area contributed by atoms with Crippen LogP contribution in [0.1, 0.15) is 25.3 Å². The van der Waals surface area contributed by atoms with Gasteiger partial charge in [0.2, 0.25) is 16.9 Å². The van der Waals surface area contributed by atoms with E-state index in [1.165, 1.54) is 28.7 Å². The van der Waals surface area contributed by atoms with Gasteiger partial charge in [-0.3, -0.25) is 9.59 Å². The van der Waals surface area contributed by atoms with Crippen LogP contribution in [-0.2, 0) is 16.0 Å². The van der Waals surface area contributed by atoms with Crippen LogP contribution in [0.4, 0.5) is 10.8 Å². The number of nitrogens with one attached hydrogen (secondary N) is 2. The van der Waals surface area contributed by atoms with Crippen LogP contribution in [0.5, 0.6) is 0 Å². The second-order valence-corrected chi connectivity index (χ2v) is 7.72. The van der Waals surface area contributed by atoms with Gasteiger partial charge in [-0.05, 0) is 37.0 Å². The normalized spacial score (nSPS) is 13.5. The maximum absolute atomic E-state index is 12.0. The molecule has 126 valence electrons. The Balaban J connectivity index is 1.45. The highest BCUT2D eigenvalue weighted by atomic mass is 32.2. The Kier molecular flexibility index (Phi) is 5.47. The molecule has 6 nitrogen and oxygen atoms in total. The summed E-state index contributed by atoms with van der Waals surface area (Å²) in [4.78, 5) is 23.6. The highest BCUT2D eigenvalue weighted by molar-refractivity contribution is 8.01. The molecule has 8 heteroatoms. The van der Waals surface area contributed by atoms with Crippen molar-refractivity contribution in [2.75, 3.05) is 16.4 Å². The molecule has 2 amide bonds. The number of thioether (sulfide) groups is 1. The molecular formula is C16H18N4O2S2. The third kappa shape index (κ3) is 4.78. The van der Waals surface area contributed by atoms with E-state index >= 15 is 0 Å². The lowest BCUT2D eigenvalue weighted by Gasteiger charge is -2.05. The first-order chi connectivity index (χ1) is 11.6. The smallest absolute Gasteiger partial charge is 0.234 e. The molecule has 2 aromatic rings. The standard InChI is InChI=1S/C16H18N4O2S2/c1-2-10-3-7-12(8-4-10)17-13(21)9-23-16-20-19-15(24-16)18-14(22)11-5-6-11/h3-4,7-8,11H,2,5-6,9H2,1H3,(H,17,21)(H,18,19,22). The lowest BCUT2D eigenvalue weighted by Crippen LogP contribution is -2.13. The Hall–Kier alpha value is -1.93. The first kappa shape index (κ1) is 16.9. The Morgan fingerprint density at radius 3 is 2.62 bits per heavy atom. The summed E-state index contributed by atoms with van der Waals surface area (Å²) < 4.78 is 0.664. The molecule has 1 heterocycles. The average Bonchev–Trinajstić information content (AvgIpc) is 3.35. The summed E-state index contributed by atoms with van der Waals surface area (Å²) in [6.45, 7) is 2.09. The predicted octanol–water partition coefficient (Wildman–Crippen LogP) is 3.18. The number of amides is 2. The Morgan fingerprint density at radius 2 is 1.96 bits per heavy atom. The summed E-state index contributed by atoms with van der Waals surface area (Å²) in [5.41, 5.74) is 2.02. The zero-order valence-electron chi connectivity index (χ0n) is 13.2. The van der Waals surface area contributed by atoms with Crippen molar-refractivity contribution in [3.63, 3.8) is 0 Å². The monoisotopic (exact) mass is 362 g/mol. The maximum atomic E-state index is 12.0. The van der Waals surface area contributed by atoms with Gasteiger partial charge in [0.05, 0.1) is 5.75 Å². The van der Waals surface area contributed by atoms with E-state index in [2.05, 4.69) is 27.8 Å². The van der Waals surface area contributed by atoms with Crippen LogP contribution in [0, 0.1) is 5.92 Å². The minimum absolute atomic E-state index is 0.0102. The molecule has 1 aromatic heterocycles. The number of carbonyl (C=O) groups is 2. The van der Waals surface area contributed by atoms with Crippen molar-refractivity contribution in [2.24, 2.45) is 5.92 Å². The number of nitrogens with zero attached hydrogens (tertiary/aromatic N) is 2. The van der Waals surface area contributed by atoms with Crippen LogP contribution < -0.4 is 10.6 Å². The molecule has 0 aliphatic heterocycles. The van der Waals surface area contributed by atoms with Gasteiger partial charge < -0.3 is 10.6 Å². The summed E-state index contributed by atoms with van der Waals surface area (Å²) in [5.74, 6) is 0.301. The topological polar surface area (TPSA) is 84.0 Å². The highest BCUT2D eigenvalue weighted by Crippen LogP contribution is 2.31. The van der Waals surface area contributed by atoms with Gasteiger partial charge >= 0.3 is 0 Å². The van der Waals surface area contributed by atoms with Crippen molar-refractivity contribution in [1.82, 2.24) is 10.2 Å². The lowest BCUT2D eigenvalue weighted by molar-refractivity contribution is -0.117. The number of hydrogen-bond acceptors (Lipinski definition) is 6. The number of carbonyl (C=O) groups excluding carboxylic acids is 2. The van der Waals surface area contributed by atoms with Gasteiger partial charge in [0.15, 0.2) is 4.34 Å². The second-order valence-electron chi connectivity index (χ2n) is 5.52. The molecule has 0 radical (unpaired) electrons. The number of hydrogen-bond donors (Lipinski definition) is 2. The van der Waals surface area contributed by atoms with E-state index in [4.69, 9.17) is 0 Å². The maximum Gasteiger partial charge on any atom is 0.234 e. The molecule has 1 aliphatic rings. The van der Waals surface area contributed by atoms with Gasteiger partial charge in [0, 0.05) is 11.6 Å². The predicted molar refractivity (Wildman–Crippen MR) is 96.4 cm³/mol. The van der Waals surface area contributed by atoms with Crippen LogP contribution in [0.3, 0.4) is 0 Å². The van der Waals surface area contributed by atoms with E-state index in [9.17, 15) is 9.59 Å². The van der Waals surface area contributed by atoms with Gasteiger partial charge in [-0.1, -0.05) is 42.2 Å². The van der Waals surface area contributed by atoms with Crippen LogP contribution >= 0.6 is 23.1 Å². The molecule has 24 heavy (non-hydrogen) atoms. The molecule has 1 fully saturated rings. The molecule has 0 unspecified atom stereocenters. The van der Waals surface area contributed by atoms with Crippen LogP contribution in [0.15, 0.2) is 28.6 Å². The molecule has 0 bridgehead atoms. The number of aromatic nitrogens is 2. The largest absolute Gasteiger partial charge is 0.325 e. The fourth-order valence-electron chi connectivity index (χ4n) is 2.02. The fourth-order valence-corrected chi connectivity index (χ4v) is 3.57. The second kappa shape index (κ2) is 7.76. The summed E-state index contributed by atoms with van der Waals surface area (Å²) in [6.07, 6.45) is 2.87. The van der Waals surface area contributed by atoms with Gasteiger partial charge in [-0.15, -0.1) is 10.2 Å². The third-order valence-corrected chi connectivity index (χ3v) is 5.53. The lowest BCUT2D eigenvalue weighted by atomic mass is 10.1. The molecule has 0 atom stereocenters. The highest BCUT2D eigenvalue weighted by Gasteiger charge is 2.30. The summed E-state index contributed by atoms with van der Waals surface area (Å²) >= 11 is 2.60. The fraction of sp³-hybridized carbons (Fsp3) is 0.375. The van der Waals surface area contributed by atoms with Crippen LogP contribution in [0.25, 0.3) is 0 Å². The number of aryl methyl sites for hydroxylation is 1. The number of anilines is 2. The van der Waals surface area contributed by atoms with Gasteiger partial charge in [0.25, 0.3) is 0 Å². The number of rotatable bonds is 7. The van der Waals surface area contributed by atoms with Crippen molar-refractivity contribution in [2.45, 2.75) is 30.5 Å². The zero-order chi connectivity index (χ0) is 16.9. The van der Waals surface area contributed by atoms with Crippen LogP contribution in [0.2, 0.25) is 0 Å². The molecule has 3 rings (SSSR count). The minimum atomic E-state index is -0.0944. The van der Waals surface area contributed by atoms with Crippen LogP contribution in [-0.4, -0.2) is 27.8 Å². The average molecular weight is 362 g/mol. The first-order valence-corrected chi connectivity index (χ1v) is 9.60. The minimum Gasteiger partial charge on any atom is -0.325 e. The van der Waals surface area contributed by atoms with Gasteiger partial charge in [-0.25, -0.2) is 0 Å². The quantitative estimate of drug-likeness (QED) is 0.584. The summed E-state index contributed by atoms with van der Waals surface area (Å²) in [5, 5.41) is 14.0. The molecule has 1 aromatic carbocycles. The van der Waals surface area contributed by atoms with Crippen molar-refractivity contribution >= 4 is 45.7 Å². The van der Waals surface area contributed by atoms with Gasteiger partial charge in [-0.2, -0.15) is 0 Å². The Labute approximate surface area is 148 Å². The molecule has 1 saturated carbocycles. The van der Waals surface area contributed by atoms with Crippen molar-refractivity contribution in [3.8, 4) is 0 Å². The van der Waals surface area contributed by atoms with E-state index in [1.54, 1.807) is 0 Å². The summed E-state index contributed by atoms with van der Waals surface area (Å²) in [7, 11) is 0. The van der Waals surface area contributed by atoms with E-state index in [1.807, 2.05) is 24.3 Å². The molecular weight excluding hydrogens is 344 g/mol. The van der Waals surface area contributed by atoms with E-state index in [0.29, 0.717) is 9.47 Å². The first-order valence-electron chi connectivity index (χ1n) is 7.80. The Bertz CT molecular complexity index is 726. The van der Waals surface area contributed by atoms with E-state index in [0.717, 1.165) is 24.9 Å². The number of benzene rings is 1. The van der Waals surface area contributed by atoms with E-state index < -0.39 is 0 Å². The molecule has 0 spiro atoms. The summed E-state index contributed by atoms with van der Waals surface area (Å²) in [6, 6.07) is 7.81. The third-order valence-electron chi connectivity index (χ3n) is 3.56. The Morgan fingerprint density at radius 1 is 1.21 bits per heavy atom. The van der Waals surface area contributed by atoms with Gasteiger partial charge in [0.1, 0.15) is 0 Å².